The van der Waals surface area contributed by atoms with Crippen LogP contribution in [-0.2, 0) is 6.42 Å². The number of hydrogen-bond donors (Lipinski definition) is 0. The van der Waals surface area contributed by atoms with Crippen molar-refractivity contribution in [1.82, 2.24) is 0 Å². The van der Waals surface area contributed by atoms with Crippen LogP contribution in [-0.4, -0.2) is 5.33 Å². The molecular formula is C14H21Br. The minimum absolute atomic E-state index is 0.369. The summed E-state index contributed by atoms with van der Waals surface area (Å²) in [7, 11) is 0. The Morgan fingerprint density at radius 3 is 2.07 bits per heavy atom. The molecule has 0 nitrogen and oxygen atoms in total. The van der Waals surface area contributed by atoms with Crippen molar-refractivity contribution < 1.29 is 0 Å². The summed E-state index contributed by atoms with van der Waals surface area (Å²) in [5.74, 6) is 0.695. The zero-order valence-corrected chi connectivity index (χ0v) is 11.8. The third kappa shape index (κ3) is 3.98. The van der Waals surface area contributed by atoms with E-state index in [1.54, 1.807) is 0 Å². The molecule has 0 amide bonds. The first kappa shape index (κ1) is 12.8. The molecule has 0 radical (unpaired) electrons. The molecule has 0 bridgehead atoms. The molecule has 0 fully saturated rings. The van der Waals surface area contributed by atoms with Crippen LogP contribution in [0.5, 0.6) is 0 Å². The van der Waals surface area contributed by atoms with Gasteiger partial charge in [-0.15, -0.1) is 0 Å². The average Bonchev–Trinajstić information content (AvgIpc) is 2.15. The highest BCUT2D eigenvalue weighted by Crippen LogP contribution is 2.30. The zero-order valence-electron chi connectivity index (χ0n) is 10.2. The maximum Gasteiger partial charge on any atom is 0.00678 e. The predicted octanol–water partition coefficient (Wildman–Crippen LogP) is 4.59. The second-order valence-electron chi connectivity index (χ2n) is 5.41. The largest absolute Gasteiger partial charge is 0.0925 e. The molecule has 1 aromatic rings. The molecular weight excluding hydrogens is 248 g/mol. The van der Waals surface area contributed by atoms with Gasteiger partial charge in [0.15, 0.2) is 0 Å². The van der Waals surface area contributed by atoms with Crippen molar-refractivity contribution in [3.05, 3.63) is 35.4 Å². The van der Waals surface area contributed by atoms with Gasteiger partial charge in [0.2, 0.25) is 0 Å². The molecule has 1 unspecified atom stereocenters. The Morgan fingerprint density at radius 2 is 1.67 bits per heavy atom. The highest BCUT2D eigenvalue weighted by Gasteiger charge is 2.23. The third-order valence-electron chi connectivity index (χ3n) is 3.01. The smallest absolute Gasteiger partial charge is 0.00678 e. The topological polar surface area (TPSA) is 0 Å². The fourth-order valence-corrected chi connectivity index (χ4v) is 2.80. The number of benzene rings is 1. The first-order valence-electron chi connectivity index (χ1n) is 5.55. The van der Waals surface area contributed by atoms with E-state index in [1.165, 1.54) is 11.1 Å². The first-order valence-corrected chi connectivity index (χ1v) is 6.67. The normalized spacial score (nSPS) is 13.9. The Balaban J connectivity index is 2.71. The van der Waals surface area contributed by atoms with E-state index in [2.05, 4.69) is 67.9 Å². The lowest BCUT2D eigenvalue weighted by atomic mass is 9.78. The van der Waals surface area contributed by atoms with Crippen LogP contribution in [0.2, 0.25) is 0 Å². The summed E-state index contributed by atoms with van der Waals surface area (Å²) in [6.45, 7) is 9.07. The SMILES string of the molecule is Cc1ccc(CC(CBr)C(C)(C)C)cc1. The van der Waals surface area contributed by atoms with Gasteiger partial charge in [-0.1, -0.05) is 66.5 Å². The van der Waals surface area contributed by atoms with E-state index in [9.17, 15) is 0 Å². The molecule has 0 aromatic heterocycles. The van der Waals surface area contributed by atoms with E-state index in [0.717, 1.165) is 11.8 Å². The van der Waals surface area contributed by atoms with Crippen LogP contribution in [0.4, 0.5) is 0 Å². The highest BCUT2D eigenvalue weighted by atomic mass is 79.9. The lowest BCUT2D eigenvalue weighted by Crippen LogP contribution is -2.23. The fraction of sp³-hybridized carbons (Fsp3) is 0.571. The van der Waals surface area contributed by atoms with Gasteiger partial charge in [0.25, 0.3) is 0 Å². The van der Waals surface area contributed by atoms with Gasteiger partial charge in [-0.05, 0) is 30.2 Å². The van der Waals surface area contributed by atoms with Crippen LogP contribution in [0.3, 0.4) is 0 Å². The van der Waals surface area contributed by atoms with Gasteiger partial charge in [0, 0.05) is 5.33 Å². The van der Waals surface area contributed by atoms with Crippen molar-refractivity contribution in [2.45, 2.75) is 34.1 Å². The first-order chi connectivity index (χ1) is 6.93. The fourth-order valence-electron chi connectivity index (χ4n) is 1.60. The molecule has 0 saturated heterocycles. The van der Waals surface area contributed by atoms with E-state index < -0.39 is 0 Å². The van der Waals surface area contributed by atoms with Gasteiger partial charge in [0.05, 0.1) is 0 Å². The van der Waals surface area contributed by atoms with E-state index in [-0.39, 0.29) is 0 Å². The molecule has 0 N–H and O–H groups in total. The van der Waals surface area contributed by atoms with Crippen LogP contribution in [0.25, 0.3) is 0 Å². The van der Waals surface area contributed by atoms with E-state index >= 15 is 0 Å². The van der Waals surface area contributed by atoms with E-state index in [4.69, 9.17) is 0 Å². The molecule has 1 rings (SSSR count). The Hall–Kier alpha value is -0.300. The molecule has 0 saturated carbocycles. The Morgan fingerprint density at radius 1 is 1.13 bits per heavy atom. The van der Waals surface area contributed by atoms with Crippen molar-refractivity contribution in [2.24, 2.45) is 11.3 Å². The van der Waals surface area contributed by atoms with Gasteiger partial charge in [-0.25, -0.2) is 0 Å². The monoisotopic (exact) mass is 268 g/mol. The Labute approximate surface area is 102 Å². The average molecular weight is 269 g/mol. The quantitative estimate of drug-likeness (QED) is 0.704. The summed E-state index contributed by atoms with van der Waals surface area (Å²) in [5.41, 5.74) is 3.15. The van der Waals surface area contributed by atoms with E-state index in [1.807, 2.05) is 0 Å². The predicted molar refractivity (Wildman–Crippen MR) is 71.6 cm³/mol. The summed E-state index contributed by atoms with van der Waals surface area (Å²) in [6, 6.07) is 8.89. The third-order valence-corrected chi connectivity index (χ3v) is 3.80. The molecule has 0 aliphatic carbocycles. The van der Waals surface area contributed by atoms with Crippen LogP contribution in [0.15, 0.2) is 24.3 Å². The minimum Gasteiger partial charge on any atom is -0.0925 e. The number of aryl methyl sites for hydroxylation is 1. The standard InChI is InChI=1S/C14H21Br/c1-11-5-7-12(8-6-11)9-13(10-15)14(2,3)4/h5-8,13H,9-10H2,1-4H3. The maximum absolute atomic E-state index is 3.62. The highest BCUT2D eigenvalue weighted by molar-refractivity contribution is 9.09. The van der Waals surface area contributed by atoms with Crippen LogP contribution in [0.1, 0.15) is 31.9 Å². The number of hydrogen-bond acceptors (Lipinski definition) is 0. The molecule has 1 heteroatoms. The van der Waals surface area contributed by atoms with Gasteiger partial charge in [-0.3, -0.25) is 0 Å². The summed E-state index contributed by atoms with van der Waals surface area (Å²) in [4.78, 5) is 0. The second kappa shape index (κ2) is 5.16. The summed E-state index contributed by atoms with van der Waals surface area (Å²) in [5, 5.41) is 1.07. The molecule has 0 aliphatic heterocycles. The minimum atomic E-state index is 0.369. The number of halogens is 1. The molecule has 1 aromatic carbocycles. The van der Waals surface area contributed by atoms with E-state index in [0.29, 0.717) is 11.3 Å². The Kier molecular flexibility index (Phi) is 4.39. The van der Waals surface area contributed by atoms with Crippen molar-refractivity contribution in [3.8, 4) is 0 Å². The van der Waals surface area contributed by atoms with Gasteiger partial charge < -0.3 is 0 Å². The van der Waals surface area contributed by atoms with Crippen molar-refractivity contribution in [1.29, 1.82) is 0 Å². The van der Waals surface area contributed by atoms with Gasteiger partial charge in [-0.2, -0.15) is 0 Å². The molecule has 1 atom stereocenters. The summed E-state index contributed by atoms with van der Waals surface area (Å²) >= 11 is 3.62. The van der Waals surface area contributed by atoms with Crippen molar-refractivity contribution in [3.63, 3.8) is 0 Å². The second-order valence-corrected chi connectivity index (χ2v) is 6.05. The van der Waals surface area contributed by atoms with Crippen molar-refractivity contribution >= 4 is 15.9 Å². The lowest BCUT2D eigenvalue weighted by Gasteiger charge is -2.29. The van der Waals surface area contributed by atoms with Crippen LogP contribution in [0, 0.1) is 18.3 Å². The molecule has 0 aliphatic rings. The van der Waals surface area contributed by atoms with Crippen molar-refractivity contribution in [2.75, 3.05) is 5.33 Å². The maximum atomic E-state index is 3.62. The molecule has 15 heavy (non-hydrogen) atoms. The zero-order chi connectivity index (χ0) is 11.5. The number of alkyl halides is 1. The van der Waals surface area contributed by atoms with Gasteiger partial charge in [0.1, 0.15) is 0 Å². The summed E-state index contributed by atoms with van der Waals surface area (Å²) < 4.78 is 0. The molecule has 0 heterocycles. The summed E-state index contributed by atoms with van der Waals surface area (Å²) in [6.07, 6.45) is 1.16. The van der Waals surface area contributed by atoms with Crippen LogP contribution < -0.4 is 0 Å². The Bertz CT molecular complexity index is 292. The molecule has 84 valence electrons. The van der Waals surface area contributed by atoms with Crippen LogP contribution >= 0.6 is 15.9 Å². The number of rotatable bonds is 3. The van der Waals surface area contributed by atoms with Gasteiger partial charge >= 0.3 is 0 Å². The lowest BCUT2D eigenvalue weighted by molar-refractivity contribution is 0.267. The molecule has 0 spiro atoms.